The number of primary amides is 1. The third kappa shape index (κ3) is 3.68. The predicted molar refractivity (Wildman–Crippen MR) is 110 cm³/mol. The quantitative estimate of drug-likeness (QED) is 0.710. The van der Waals surface area contributed by atoms with Gasteiger partial charge in [-0.1, -0.05) is 12.1 Å². The molecule has 1 amide bonds. The van der Waals surface area contributed by atoms with Crippen LogP contribution in [0.3, 0.4) is 0 Å². The molecule has 28 heavy (non-hydrogen) atoms. The van der Waals surface area contributed by atoms with Gasteiger partial charge in [-0.15, -0.1) is 0 Å². The van der Waals surface area contributed by atoms with E-state index in [1.165, 1.54) is 0 Å². The summed E-state index contributed by atoms with van der Waals surface area (Å²) in [5.41, 5.74) is 9.67. The van der Waals surface area contributed by atoms with E-state index in [2.05, 4.69) is 22.2 Å². The molecule has 6 nitrogen and oxygen atoms in total. The average Bonchev–Trinajstić information content (AvgIpc) is 2.74. The van der Waals surface area contributed by atoms with Crippen molar-refractivity contribution in [1.29, 1.82) is 0 Å². The molecule has 0 unspecified atom stereocenters. The van der Waals surface area contributed by atoms with Crippen LogP contribution in [0, 0.1) is 5.92 Å². The fourth-order valence-electron chi connectivity index (χ4n) is 3.81. The highest BCUT2D eigenvalue weighted by molar-refractivity contribution is 6.07. The first-order chi connectivity index (χ1) is 13.6. The van der Waals surface area contributed by atoms with Gasteiger partial charge in [-0.25, -0.2) is 0 Å². The molecule has 3 heterocycles. The average molecular weight is 376 g/mol. The van der Waals surface area contributed by atoms with Gasteiger partial charge >= 0.3 is 0 Å². The molecule has 6 heteroatoms. The molecule has 0 saturated carbocycles. The third-order valence-electron chi connectivity index (χ3n) is 5.47. The summed E-state index contributed by atoms with van der Waals surface area (Å²) in [6.07, 6.45) is 7.14. The molecule has 0 spiro atoms. The van der Waals surface area contributed by atoms with Crippen molar-refractivity contribution >= 4 is 22.5 Å². The first-order valence-corrected chi connectivity index (χ1v) is 9.60. The fraction of sp³-hybridized carbons (Fsp3) is 0.318. The molecular weight excluding hydrogens is 352 g/mol. The van der Waals surface area contributed by atoms with Crippen molar-refractivity contribution in [3.8, 4) is 11.1 Å². The lowest BCUT2D eigenvalue weighted by atomic mass is 9.92. The molecule has 0 radical (unpaired) electrons. The standard InChI is InChI=1S/C22H24N4O2/c1-14(15-6-9-28-10-7-15)26-21-18-11-16(17-3-2-8-24-12-17)4-5-20(18)25-13-19(21)22(23)27/h2-5,8,11-15H,6-7,9-10H2,1H3,(H2,23,27)(H,25,26)/t14-/m0/s1. The summed E-state index contributed by atoms with van der Waals surface area (Å²) in [6, 6.07) is 10.1. The van der Waals surface area contributed by atoms with Crippen LogP contribution in [-0.4, -0.2) is 35.1 Å². The fourth-order valence-corrected chi connectivity index (χ4v) is 3.81. The number of aromatic nitrogens is 2. The van der Waals surface area contributed by atoms with E-state index >= 15 is 0 Å². The molecule has 1 atom stereocenters. The molecule has 3 aromatic rings. The normalized spacial score (nSPS) is 16.0. The molecule has 4 rings (SSSR count). The van der Waals surface area contributed by atoms with E-state index in [0.29, 0.717) is 11.5 Å². The zero-order valence-electron chi connectivity index (χ0n) is 15.9. The van der Waals surface area contributed by atoms with Gasteiger partial charge in [-0.2, -0.15) is 0 Å². The van der Waals surface area contributed by atoms with Crippen LogP contribution in [0.25, 0.3) is 22.0 Å². The molecule has 2 aromatic heterocycles. The number of hydrogen-bond acceptors (Lipinski definition) is 5. The second-order valence-corrected chi connectivity index (χ2v) is 7.27. The van der Waals surface area contributed by atoms with Gasteiger partial charge in [0.15, 0.2) is 0 Å². The molecule has 1 aromatic carbocycles. The maximum absolute atomic E-state index is 12.1. The molecule has 1 saturated heterocycles. The lowest BCUT2D eigenvalue weighted by Gasteiger charge is -2.30. The van der Waals surface area contributed by atoms with E-state index < -0.39 is 5.91 Å². The van der Waals surface area contributed by atoms with Gasteiger partial charge in [0.1, 0.15) is 0 Å². The van der Waals surface area contributed by atoms with E-state index in [4.69, 9.17) is 10.5 Å². The van der Waals surface area contributed by atoms with Crippen LogP contribution in [-0.2, 0) is 4.74 Å². The first kappa shape index (κ1) is 18.4. The number of nitrogens with two attached hydrogens (primary N) is 1. The van der Waals surface area contributed by atoms with E-state index in [1.807, 2.05) is 36.5 Å². The summed E-state index contributed by atoms with van der Waals surface area (Å²) in [5.74, 6) is 0.00190. The Morgan fingerprint density at radius 1 is 1.21 bits per heavy atom. The van der Waals surface area contributed by atoms with E-state index in [9.17, 15) is 4.79 Å². The van der Waals surface area contributed by atoms with E-state index in [0.717, 1.165) is 53.8 Å². The minimum absolute atomic E-state index is 0.189. The highest BCUT2D eigenvalue weighted by atomic mass is 16.5. The Morgan fingerprint density at radius 2 is 2.04 bits per heavy atom. The van der Waals surface area contributed by atoms with Crippen LogP contribution in [0.2, 0.25) is 0 Å². The van der Waals surface area contributed by atoms with Gasteiger partial charge in [0.2, 0.25) is 0 Å². The molecule has 1 aliphatic rings. The number of carbonyl (C=O) groups excluding carboxylic acids is 1. The summed E-state index contributed by atoms with van der Waals surface area (Å²) in [6.45, 7) is 3.71. The van der Waals surface area contributed by atoms with Crippen molar-refractivity contribution in [1.82, 2.24) is 9.97 Å². The number of benzene rings is 1. The van der Waals surface area contributed by atoms with Gasteiger partial charge in [0.05, 0.1) is 16.8 Å². The summed E-state index contributed by atoms with van der Waals surface area (Å²) >= 11 is 0. The number of amides is 1. The Labute approximate surface area is 164 Å². The van der Waals surface area contributed by atoms with E-state index in [1.54, 1.807) is 12.4 Å². The van der Waals surface area contributed by atoms with Crippen LogP contribution in [0.4, 0.5) is 5.69 Å². The minimum Gasteiger partial charge on any atom is -0.381 e. The Balaban J connectivity index is 1.78. The van der Waals surface area contributed by atoms with Gasteiger partial charge in [0.25, 0.3) is 5.91 Å². The van der Waals surface area contributed by atoms with Crippen LogP contribution in [0.1, 0.15) is 30.1 Å². The number of rotatable bonds is 5. The molecule has 1 fully saturated rings. The van der Waals surface area contributed by atoms with Gasteiger partial charge in [-0.05, 0) is 49.4 Å². The summed E-state index contributed by atoms with van der Waals surface area (Å²) in [5, 5.41) is 4.46. The topological polar surface area (TPSA) is 90.1 Å². The molecule has 1 aliphatic heterocycles. The Kier molecular flexibility index (Phi) is 5.21. The summed E-state index contributed by atoms with van der Waals surface area (Å²) in [4.78, 5) is 20.7. The van der Waals surface area contributed by atoms with Gasteiger partial charge in [0, 0.05) is 48.8 Å². The van der Waals surface area contributed by atoms with Gasteiger partial charge < -0.3 is 15.8 Å². The van der Waals surface area contributed by atoms with Crippen molar-refractivity contribution in [3.63, 3.8) is 0 Å². The molecule has 3 N–H and O–H groups in total. The monoisotopic (exact) mass is 376 g/mol. The molecule has 144 valence electrons. The second-order valence-electron chi connectivity index (χ2n) is 7.27. The Bertz CT molecular complexity index is 984. The lowest BCUT2D eigenvalue weighted by Crippen LogP contribution is -2.32. The smallest absolute Gasteiger partial charge is 0.252 e. The van der Waals surface area contributed by atoms with Crippen LogP contribution < -0.4 is 11.1 Å². The summed E-state index contributed by atoms with van der Waals surface area (Å²) in [7, 11) is 0. The Hall–Kier alpha value is -2.99. The number of anilines is 1. The zero-order chi connectivity index (χ0) is 19.5. The molecular formula is C22H24N4O2. The lowest BCUT2D eigenvalue weighted by molar-refractivity contribution is 0.0622. The zero-order valence-corrected chi connectivity index (χ0v) is 15.9. The van der Waals surface area contributed by atoms with Crippen molar-refractivity contribution in [2.45, 2.75) is 25.8 Å². The highest BCUT2D eigenvalue weighted by Crippen LogP contribution is 2.32. The highest BCUT2D eigenvalue weighted by Gasteiger charge is 2.23. The van der Waals surface area contributed by atoms with Crippen molar-refractivity contribution in [2.75, 3.05) is 18.5 Å². The van der Waals surface area contributed by atoms with Crippen molar-refractivity contribution in [2.24, 2.45) is 11.7 Å². The maximum Gasteiger partial charge on any atom is 0.252 e. The second kappa shape index (κ2) is 7.94. The predicted octanol–water partition coefficient (Wildman–Crippen LogP) is 3.62. The maximum atomic E-state index is 12.1. The van der Waals surface area contributed by atoms with Crippen molar-refractivity contribution < 1.29 is 9.53 Å². The number of fused-ring (bicyclic) bond motifs is 1. The largest absolute Gasteiger partial charge is 0.381 e. The third-order valence-corrected chi connectivity index (χ3v) is 5.47. The number of ether oxygens (including phenoxy) is 1. The van der Waals surface area contributed by atoms with Crippen LogP contribution in [0.5, 0.6) is 0 Å². The number of hydrogen-bond donors (Lipinski definition) is 2. The number of carbonyl (C=O) groups is 1. The molecule has 0 bridgehead atoms. The van der Waals surface area contributed by atoms with Crippen LogP contribution >= 0.6 is 0 Å². The van der Waals surface area contributed by atoms with Gasteiger partial charge in [-0.3, -0.25) is 14.8 Å². The Morgan fingerprint density at radius 3 is 2.75 bits per heavy atom. The SMILES string of the molecule is C[C@H](Nc1c(C(N)=O)cnc2ccc(-c3cccnc3)cc12)C1CCOCC1. The first-order valence-electron chi connectivity index (χ1n) is 9.60. The molecule has 0 aliphatic carbocycles. The van der Waals surface area contributed by atoms with E-state index in [-0.39, 0.29) is 6.04 Å². The minimum atomic E-state index is -0.483. The van der Waals surface area contributed by atoms with Crippen LogP contribution in [0.15, 0.2) is 48.9 Å². The number of pyridine rings is 2. The number of nitrogens with zero attached hydrogens (tertiary/aromatic N) is 2. The van der Waals surface area contributed by atoms with Crippen molar-refractivity contribution in [3.05, 3.63) is 54.5 Å². The summed E-state index contributed by atoms with van der Waals surface area (Å²) < 4.78 is 5.48. The number of nitrogens with one attached hydrogen (secondary N) is 1.